The van der Waals surface area contributed by atoms with Crippen molar-refractivity contribution in [2.24, 2.45) is 5.73 Å². The van der Waals surface area contributed by atoms with Crippen molar-refractivity contribution in [3.8, 4) is 0 Å². The number of carbonyl (C=O) groups is 2. The van der Waals surface area contributed by atoms with Crippen LogP contribution in [-0.4, -0.2) is 50.0 Å². The number of nitrogens with one attached hydrogen (secondary N) is 3. The van der Waals surface area contributed by atoms with Gasteiger partial charge in [-0.25, -0.2) is 9.78 Å². The fourth-order valence-electron chi connectivity index (χ4n) is 3.66. The van der Waals surface area contributed by atoms with Crippen molar-refractivity contribution in [1.29, 1.82) is 5.41 Å². The van der Waals surface area contributed by atoms with Gasteiger partial charge in [0.25, 0.3) is 0 Å². The zero-order valence-corrected chi connectivity index (χ0v) is 23.1. The molecule has 11 heteroatoms. The first-order valence-electron chi connectivity index (χ1n) is 11.7. The molecule has 0 radical (unpaired) electrons. The van der Waals surface area contributed by atoms with Crippen molar-refractivity contribution < 1.29 is 19.1 Å². The number of nitrogen functional groups attached to an aromatic ring is 1. The van der Waals surface area contributed by atoms with Crippen LogP contribution in [0.15, 0.2) is 28.9 Å². The third kappa shape index (κ3) is 8.58. The number of pyridine rings is 1. The van der Waals surface area contributed by atoms with Gasteiger partial charge in [-0.05, 0) is 60.6 Å². The Labute approximate surface area is 221 Å². The number of hydrogen-bond acceptors (Lipinski definition) is 9. The predicted octanol–water partition coefficient (Wildman–Crippen LogP) is 4.01. The first-order chi connectivity index (χ1) is 17.2. The number of hydrogen-bond donors (Lipinski definition) is 5. The summed E-state index contributed by atoms with van der Waals surface area (Å²) in [6.07, 6.45) is 4.13. The highest BCUT2D eigenvalue weighted by Gasteiger charge is 2.43. The molecule has 0 bridgehead atoms. The standard InChI is InChI=1S/C11H12BrN3O2.C9H12N2.C3H7NO2.C2H6/c12-7-5-8-9(14-6-7)15-10(16)17-11(8)1-3-13-4-2-11;1-6-3-7(2)9(11)8(4-6)5-10;1-6-3(5)2-4;1-2/h5-6,13H,1-4H2,(H,14,15,16);3-5,10H,11H2,1-2H3;2,4H2,1H3;1-2H3. The lowest BCUT2D eigenvalue weighted by atomic mass is 9.84. The van der Waals surface area contributed by atoms with Crippen molar-refractivity contribution in [2.75, 3.05) is 37.8 Å². The number of rotatable bonds is 2. The molecule has 0 unspecified atom stereocenters. The monoisotopic (exact) mass is 564 g/mol. The van der Waals surface area contributed by atoms with Crippen LogP contribution in [0.4, 0.5) is 16.3 Å². The summed E-state index contributed by atoms with van der Waals surface area (Å²) in [5, 5.41) is 13.0. The third-order valence-electron chi connectivity index (χ3n) is 5.38. The van der Waals surface area contributed by atoms with E-state index < -0.39 is 11.7 Å². The Morgan fingerprint density at radius 2 is 1.92 bits per heavy atom. The number of nitrogens with two attached hydrogens (primary N) is 2. The van der Waals surface area contributed by atoms with Gasteiger partial charge in [0.1, 0.15) is 11.4 Å². The summed E-state index contributed by atoms with van der Waals surface area (Å²) in [5.74, 6) is 0.237. The van der Waals surface area contributed by atoms with Gasteiger partial charge in [-0.1, -0.05) is 25.5 Å². The number of aryl methyl sites for hydroxylation is 2. The van der Waals surface area contributed by atoms with Gasteiger partial charge < -0.3 is 31.7 Å². The summed E-state index contributed by atoms with van der Waals surface area (Å²) in [6, 6.07) is 5.91. The van der Waals surface area contributed by atoms with E-state index >= 15 is 0 Å². The summed E-state index contributed by atoms with van der Waals surface area (Å²) in [5.41, 5.74) is 14.7. The van der Waals surface area contributed by atoms with Crippen molar-refractivity contribution in [2.45, 2.75) is 46.1 Å². The molecule has 0 saturated carbocycles. The lowest BCUT2D eigenvalue weighted by Gasteiger charge is -2.40. The minimum Gasteiger partial charge on any atom is -0.468 e. The second-order valence-corrected chi connectivity index (χ2v) is 8.73. The van der Waals surface area contributed by atoms with E-state index in [1.807, 2.05) is 45.9 Å². The number of carbonyl (C=O) groups excluding carboxylic acids is 2. The SMILES string of the molecule is CC.COC(=O)CN.Cc1cc(C)c(N)c(C=N)c1.O=C1Nc2ncc(Br)cc2C2(CCNCC2)O1. The largest absolute Gasteiger partial charge is 0.468 e. The molecule has 4 rings (SSSR count). The van der Waals surface area contributed by atoms with E-state index in [0.717, 1.165) is 52.7 Å². The smallest absolute Gasteiger partial charge is 0.413 e. The molecule has 2 aliphatic rings. The average molecular weight is 566 g/mol. The summed E-state index contributed by atoms with van der Waals surface area (Å²) < 4.78 is 10.6. The van der Waals surface area contributed by atoms with Crippen LogP contribution in [0.1, 0.15) is 48.9 Å². The summed E-state index contributed by atoms with van der Waals surface area (Å²) in [7, 11) is 1.30. The Hall–Kier alpha value is -3.02. The first-order valence-corrected chi connectivity index (χ1v) is 12.5. The number of benzene rings is 1. The first kappa shape index (κ1) is 31.0. The van der Waals surface area contributed by atoms with Crippen LogP contribution in [0, 0.1) is 19.3 Å². The lowest BCUT2D eigenvalue weighted by molar-refractivity contribution is -0.138. The van der Waals surface area contributed by atoms with E-state index in [2.05, 4.69) is 36.3 Å². The number of aromatic nitrogens is 1. The molecule has 2 aliphatic heterocycles. The van der Waals surface area contributed by atoms with Crippen molar-refractivity contribution >= 4 is 45.7 Å². The number of halogens is 1. The Bertz CT molecular complexity index is 1040. The van der Waals surface area contributed by atoms with Gasteiger partial charge in [0.2, 0.25) is 0 Å². The van der Waals surface area contributed by atoms with E-state index in [4.69, 9.17) is 21.6 Å². The summed E-state index contributed by atoms with van der Waals surface area (Å²) in [4.78, 5) is 25.7. The van der Waals surface area contributed by atoms with Crippen molar-refractivity contribution in [3.05, 3.63) is 51.1 Å². The van der Waals surface area contributed by atoms with Crippen LogP contribution < -0.4 is 22.1 Å². The second kappa shape index (κ2) is 15.2. The number of piperidine rings is 1. The number of fused-ring (bicyclic) bond motifs is 2. The third-order valence-corrected chi connectivity index (χ3v) is 5.81. The molecule has 3 heterocycles. The molecular weight excluding hydrogens is 528 g/mol. The number of amides is 1. The van der Waals surface area contributed by atoms with Crippen LogP contribution in [-0.2, 0) is 19.9 Å². The number of nitrogens with zero attached hydrogens (tertiary/aromatic N) is 1. The summed E-state index contributed by atoms with van der Waals surface area (Å²) in [6.45, 7) is 9.61. The maximum atomic E-state index is 11.6. The quantitative estimate of drug-likeness (QED) is 0.207. The number of anilines is 2. The number of ether oxygens (including phenoxy) is 2. The molecule has 1 aromatic heterocycles. The van der Waals surface area contributed by atoms with Crippen molar-refractivity contribution in [3.63, 3.8) is 0 Å². The van der Waals surface area contributed by atoms with Gasteiger partial charge in [0, 0.05) is 46.5 Å². The second-order valence-electron chi connectivity index (χ2n) is 7.82. The molecule has 198 valence electrons. The molecule has 1 saturated heterocycles. The maximum absolute atomic E-state index is 11.6. The molecule has 1 aromatic carbocycles. The molecule has 7 N–H and O–H groups in total. The molecule has 1 spiro atoms. The number of methoxy groups -OCH3 is 1. The molecule has 1 amide bonds. The Kier molecular flexibility index (Phi) is 13.1. The predicted molar refractivity (Wildman–Crippen MR) is 146 cm³/mol. The molecular formula is C25H37BrN6O4. The van der Waals surface area contributed by atoms with Gasteiger partial charge in [0.15, 0.2) is 0 Å². The summed E-state index contributed by atoms with van der Waals surface area (Å²) >= 11 is 3.41. The highest BCUT2D eigenvalue weighted by molar-refractivity contribution is 9.10. The van der Waals surface area contributed by atoms with Gasteiger partial charge in [-0.3, -0.25) is 10.1 Å². The Balaban J connectivity index is 0.000000294. The van der Waals surface area contributed by atoms with E-state index in [1.165, 1.54) is 13.3 Å². The Morgan fingerprint density at radius 1 is 1.28 bits per heavy atom. The van der Waals surface area contributed by atoms with Gasteiger partial charge in [-0.15, -0.1) is 0 Å². The van der Waals surface area contributed by atoms with E-state index in [9.17, 15) is 9.59 Å². The van der Waals surface area contributed by atoms with Gasteiger partial charge in [-0.2, -0.15) is 0 Å². The van der Waals surface area contributed by atoms with E-state index in [-0.39, 0.29) is 12.5 Å². The molecule has 0 atom stereocenters. The minimum absolute atomic E-state index is 0.0312. The highest BCUT2D eigenvalue weighted by atomic mass is 79.9. The topological polar surface area (TPSA) is 165 Å². The zero-order chi connectivity index (χ0) is 27.3. The highest BCUT2D eigenvalue weighted by Crippen LogP contribution is 2.42. The molecule has 10 nitrogen and oxygen atoms in total. The number of esters is 1. The van der Waals surface area contributed by atoms with Gasteiger partial charge in [0.05, 0.1) is 13.7 Å². The fourth-order valence-corrected chi connectivity index (χ4v) is 3.99. The van der Waals surface area contributed by atoms with Crippen LogP contribution >= 0.6 is 15.9 Å². The van der Waals surface area contributed by atoms with Gasteiger partial charge >= 0.3 is 12.1 Å². The molecule has 36 heavy (non-hydrogen) atoms. The van der Waals surface area contributed by atoms with Crippen LogP contribution in [0.5, 0.6) is 0 Å². The minimum atomic E-state index is -0.514. The van der Waals surface area contributed by atoms with E-state index in [1.54, 1.807) is 6.20 Å². The molecule has 2 aromatic rings. The lowest BCUT2D eigenvalue weighted by Crippen LogP contribution is -2.47. The Morgan fingerprint density at radius 3 is 2.44 bits per heavy atom. The van der Waals surface area contributed by atoms with Crippen LogP contribution in [0.2, 0.25) is 0 Å². The van der Waals surface area contributed by atoms with Crippen LogP contribution in [0.25, 0.3) is 0 Å². The fraction of sp³-hybridized carbons (Fsp3) is 0.440. The van der Waals surface area contributed by atoms with Crippen LogP contribution in [0.3, 0.4) is 0 Å². The maximum Gasteiger partial charge on any atom is 0.413 e. The normalized spacial score (nSPS) is 14.6. The molecule has 1 fully saturated rings. The zero-order valence-electron chi connectivity index (χ0n) is 21.5. The average Bonchev–Trinajstić information content (AvgIpc) is 2.88. The molecule has 0 aliphatic carbocycles. The van der Waals surface area contributed by atoms with E-state index in [0.29, 0.717) is 11.5 Å². The van der Waals surface area contributed by atoms with Crippen molar-refractivity contribution in [1.82, 2.24) is 10.3 Å².